The number of nitrogens with zero attached hydrogens (tertiary/aromatic N) is 3. The van der Waals surface area contributed by atoms with Crippen LogP contribution in [0.5, 0.6) is 5.75 Å². The van der Waals surface area contributed by atoms with E-state index in [-0.39, 0.29) is 5.91 Å². The number of methoxy groups -OCH3 is 1. The van der Waals surface area contributed by atoms with Crippen LogP contribution >= 0.6 is 0 Å². The fourth-order valence-electron chi connectivity index (χ4n) is 4.36. The summed E-state index contributed by atoms with van der Waals surface area (Å²) in [6.07, 6.45) is 3.25. The molecule has 0 saturated heterocycles. The molecule has 3 aromatic rings. The second-order valence-electron chi connectivity index (χ2n) is 7.56. The predicted octanol–water partition coefficient (Wildman–Crippen LogP) is 3.87. The number of nitrogens with two attached hydrogens (primary N) is 1. The number of pyridine rings is 1. The zero-order chi connectivity index (χ0) is 20.1. The van der Waals surface area contributed by atoms with Crippen LogP contribution in [-0.4, -0.2) is 28.9 Å². The maximum Gasteiger partial charge on any atom is 0.258 e. The Balaban J connectivity index is 1.73. The van der Waals surface area contributed by atoms with Gasteiger partial charge in [-0.15, -0.1) is 0 Å². The Labute approximate surface area is 168 Å². The highest BCUT2D eigenvalue weighted by atomic mass is 16.5. The van der Waals surface area contributed by atoms with Crippen molar-refractivity contribution in [2.75, 3.05) is 12.8 Å². The molecule has 5 rings (SSSR count). The Bertz CT molecular complexity index is 1210. The number of carbonyl (C=O) groups excluding carboxylic acids is 1. The lowest BCUT2D eigenvalue weighted by Crippen LogP contribution is -2.40. The summed E-state index contributed by atoms with van der Waals surface area (Å²) < 4.78 is 5.54. The molecule has 144 valence electrons. The first-order chi connectivity index (χ1) is 14.1. The van der Waals surface area contributed by atoms with Crippen LogP contribution in [0.3, 0.4) is 0 Å². The molecule has 0 spiro atoms. The minimum atomic E-state index is -0.00828. The third-order valence-electron chi connectivity index (χ3n) is 6.07. The molecule has 1 aliphatic heterocycles. The summed E-state index contributed by atoms with van der Waals surface area (Å²) in [5.74, 6) is 0.501. The van der Waals surface area contributed by atoms with Gasteiger partial charge in [0, 0.05) is 22.6 Å². The van der Waals surface area contributed by atoms with Crippen molar-refractivity contribution < 1.29 is 9.53 Å². The third-order valence-corrected chi connectivity index (χ3v) is 6.07. The number of para-hydroxylation sites is 2. The second kappa shape index (κ2) is 6.49. The SMILES string of the molecule is COc1c(C#N)cccc1-c1cccc2c(N)c3c(nc12)CN(C1CCC1)C3=O. The highest BCUT2D eigenvalue weighted by Crippen LogP contribution is 2.41. The van der Waals surface area contributed by atoms with Crippen molar-refractivity contribution >= 4 is 22.5 Å². The van der Waals surface area contributed by atoms with E-state index in [1.54, 1.807) is 13.2 Å². The average molecular weight is 384 g/mol. The van der Waals surface area contributed by atoms with Gasteiger partial charge < -0.3 is 15.4 Å². The van der Waals surface area contributed by atoms with E-state index >= 15 is 0 Å². The van der Waals surface area contributed by atoms with Crippen molar-refractivity contribution in [3.05, 3.63) is 53.2 Å². The summed E-state index contributed by atoms with van der Waals surface area (Å²) in [7, 11) is 1.56. The molecule has 2 aliphatic rings. The maximum atomic E-state index is 13.0. The van der Waals surface area contributed by atoms with Gasteiger partial charge in [-0.2, -0.15) is 5.26 Å². The summed E-state index contributed by atoms with van der Waals surface area (Å²) >= 11 is 0. The van der Waals surface area contributed by atoms with E-state index < -0.39 is 0 Å². The molecule has 1 fully saturated rings. The number of nitrogen functional groups attached to an aromatic ring is 1. The molecule has 1 saturated carbocycles. The minimum absolute atomic E-state index is 0.00828. The minimum Gasteiger partial charge on any atom is -0.495 e. The first kappa shape index (κ1) is 17.5. The Hall–Kier alpha value is -3.59. The first-order valence-electron chi connectivity index (χ1n) is 9.73. The first-order valence-corrected chi connectivity index (χ1v) is 9.73. The molecular weight excluding hydrogens is 364 g/mol. The van der Waals surface area contributed by atoms with Crippen LogP contribution in [0, 0.1) is 11.3 Å². The van der Waals surface area contributed by atoms with Crippen molar-refractivity contribution in [3.63, 3.8) is 0 Å². The van der Waals surface area contributed by atoms with Gasteiger partial charge in [0.25, 0.3) is 5.91 Å². The van der Waals surface area contributed by atoms with E-state index in [2.05, 4.69) is 6.07 Å². The standard InChI is InChI=1S/C23H20N4O2/c1-29-22-13(11-24)5-2-9-16(22)15-8-4-10-17-20(25)19-18(26-21(15)17)12-27(23(19)28)14-6-3-7-14/h2,4-5,8-10,14H,3,6-7,12H2,1H3,(H2,25,26). The number of fused-ring (bicyclic) bond motifs is 2. The summed E-state index contributed by atoms with van der Waals surface area (Å²) in [5, 5.41) is 10.2. The van der Waals surface area contributed by atoms with E-state index in [0.717, 1.165) is 47.0 Å². The molecule has 6 nitrogen and oxygen atoms in total. The Morgan fingerprint density at radius 2 is 1.97 bits per heavy atom. The monoisotopic (exact) mass is 384 g/mol. The van der Waals surface area contributed by atoms with Crippen LogP contribution < -0.4 is 10.5 Å². The van der Waals surface area contributed by atoms with Crippen LogP contribution in [-0.2, 0) is 6.54 Å². The molecule has 0 atom stereocenters. The van der Waals surface area contributed by atoms with Gasteiger partial charge >= 0.3 is 0 Å². The Morgan fingerprint density at radius 1 is 1.21 bits per heavy atom. The fourth-order valence-corrected chi connectivity index (χ4v) is 4.36. The zero-order valence-corrected chi connectivity index (χ0v) is 16.1. The molecule has 0 radical (unpaired) electrons. The van der Waals surface area contributed by atoms with Gasteiger partial charge in [-0.05, 0) is 25.3 Å². The Morgan fingerprint density at radius 3 is 2.66 bits per heavy atom. The molecule has 2 aromatic carbocycles. The lowest BCUT2D eigenvalue weighted by atomic mass is 9.92. The number of aromatic nitrogens is 1. The van der Waals surface area contributed by atoms with E-state index in [4.69, 9.17) is 15.5 Å². The second-order valence-corrected chi connectivity index (χ2v) is 7.56. The average Bonchev–Trinajstić information content (AvgIpc) is 3.02. The summed E-state index contributed by atoms with van der Waals surface area (Å²) in [6.45, 7) is 0.503. The third kappa shape index (κ3) is 2.47. The van der Waals surface area contributed by atoms with Gasteiger partial charge in [0.15, 0.2) is 0 Å². The van der Waals surface area contributed by atoms with Crippen LogP contribution in [0.25, 0.3) is 22.0 Å². The number of nitriles is 1. The molecule has 6 heteroatoms. The summed E-state index contributed by atoms with van der Waals surface area (Å²) in [6, 6.07) is 13.7. The van der Waals surface area contributed by atoms with Gasteiger partial charge in [-0.1, -0.05) is 30.3 Å². The number of carbonyl (C=O) groups is 1. The summed E-state index contributed by atoms with van der Waals surface area (Å²) in [4.78, 5) is 19.8. The highest BCUT2D eigenvalue weighted by Gasteiger charge is 2.38. The quantitative estimate of drug-likeness (QED) is 0.740. The normalized spacial score (nSPS) is 15.9. The van der Waals surface area contributed by atoms with E-state index in [1.165, 1.54) is 0 Å². The molecule has 0 unspecified atom stereocenters. The van der Waals surface area contributed by atoms with E-state index in [9.17, 15) is 10.1 Å². The number of hydrogen-bond acceptors (Lipinski definition) is 5. The molecule has 1 aliphatic carbocycles. The van der Waals surface area contributed by atoms with Crippen molar-refractivity contribution in [3.8, 4) is 22.9 Å². The number of hydrogen-bond donors (Lipinski definition) is 1. The van der Waals surface area contributed by atoms with E-state index in [0.29, 0.717) is 35.2 Å². The van der Waals surface area contributed by atoms with Crippen LogP contribution in [0.2, 0.25) is 0 Å². The van der Waals surface area contributed by atoms with Gasteiger partial charge in [-0.25, -0.2) is 4.98 Å². The molecule has 1 aromatic heterocycles. The van der Waals surface area contributed by atoms with Crippen molar-refractivity contribution in [1.82, 2.24) is 9.88 Å². The lowest BCUT2D eigenvalue weighted by Gasteiger charge is -2.34. The number of benzene rings is 2. The number of amides is 1. The number of rotatable bonds is 3. The van der Waals surface area contributed by atoms with Crippen molar-refractivity contribution in [1.29, 1.82) is 5.26 Å². The van der Waals surface area contributed by atoms with Crippen LogP contribution in [0.15, 0.2) is 36.4 Å². The maximum absolute atomic E-state index is 13.0. The van der Waals surface area contributed by atoms with Crippen molar-refractivity contribution in [2.45, 2.75) is 31.8 Å². The predicted molar refractivity (Wildman–Crippen MR) is 110 cm³/mol. The lowest BCUT2D eigenvalue weighted by molar-refractivity contribution is 0.0606. The molecule has 2 N–H and O–H groups in total. The number of ether oxygens (including phenoxy) is 1. The van der Waals surface area contributed by atoms with Crippen molar-refractivity contribution in [2.24, 2.45) is 0 Å². The Kier molecular flexibility index (Phi) is 3.92. The smallest absolute Gasteiger partial charge is 0.258 e. The molecule has 29 heavy (non-hydrogen) atoms. The van der Waals surface area contributed by atoms with Gasteiger partial charge in [0.1, 0.15) is 11.8 Å². The highest BCUT2D eigenvalue weighted by molar-refractivity contribution is 6.11. The summed E-state index contributed by atoms with van der Waals surface area (Å²) in [5.41, 5.74) is 11.0. The molecule has 0 bridgehead atoms. The van der Waals surface area contributed by atoms with Crippen LogP contribution in [0.1, 0.15) is 40.9 Å². The molecule has 1 amide bonds. The largest absolute Gasteiger partial charge is 0.495 e. The topological polar surface area (TPSA) is 92.2 Å². The fraction of sp³-hybridized carbons (Fsp3) is 0.261. The number of anilines is 1. The molecular formula is C23H20N4O2. The van der Waals surface area contributed by atoms with Gasteiger partial charge in [0.05, 0.1) is 41.7 Å². The zero-order valence-electron chi connectivity index (χ0n) is 16.1. The van der Waals surface area contributed by atoms with Gasteiger partial charge in [-0.3, -0.25) is 4.79 Å². The van der Waals surface area contributed by atoms with Gasteiger partial charge in [0.2, 0.25) is 0 Å². The van der Waals surface area contributed by atoms with Crippen LogP contribution in [0.4, 0.5) is 5.69 Å². The van der Waals surface area contributed by atoms with E-state index in [1.807, 2.05) is 35.2 Å². The molecule has 2 heterocycles.